The van der Waals surface area contributed by atoms with Gasteiger partial charge >= 0.3 is 0 Å². The van der Waals surface area contributed by atoms with Crippen LogP contribution in [0.4, 0.5) is 5.69 Å². The van der Waals surface area contributed by atoms with Gasteiger partial charge in [-0.2, -0.15) is 0 Å². The lowest BCUT2D eigenvalue weighted by atomic mass is 10.1. The molecule has 0 saturated carbocycles. The van der Waals surface area contributed by atoms with Crippen LogP contribution in [0.5, 0.6) is 5.75 Å². The number of carbonyl (C=O) groups excluding carboxylic acids is 1. The molecular weight excluding hydrogens is 300 g/mol. The minimum atomic E-state index is -0.605. The summed E-state index contributed by atoms with van der Waals surface area (Å²) in [5.74, 6) is 0.489. The molecule has 4 nitrogen and oxygen atoms in total. The van der Waals surface area contributed by atoms with Gasteiger partial charge in [-0.15, -0.1) is 0 Å². The Morgan fingerprint density at radius 2 is 1.88 bits per heavy atom. The van der Waals surface area contributed by atoms with Crippen molar-refractivity contribution < 1.29 is 9.53 Å². The maximum atomic E-state index is 12.4. The molecule has 0 radical (unpaired) electrons. The summed E-state index contributed by atoms with van der Waals surface area (Å²) < 4.78 is 5.76. The number of benzene rings is 2. The monoisotopic (exact) mass is 320 g/mol. The molecule has 0 aliphatic heterocycles. The molecule has 0 saturated heterocycles. The first kappa shape index (κ1) is 16.0. The predicted molar refractivity (Wildman–Crippen MR) is 96.4 cm³/mol. The van der Waals surface area contributed by atoms with E-state index in [0.717, 1.165) is 16.5 Å². The molecule has 0 spiro atoms. The molecular formula is C20H20N2O2. The fraction of sp³-hybridized carbons (Fsp3) is 0.200. The zero-order valence-electron chi connectivity index (χ0n) is 14.0. The summed E-state index contributed by atoms with van der Waals surface area (Å²) >= 11 is 0. The number of aromatic nitrogens is 1. The number of ether oxygens (including phenoxy) is 1. The molecule has 24 heavy (non-hydrogen) atoms. The Kier molecular flexibility index (Phi) is 4.47. The molecule has 1 aromatic heterocycles. The fourth-order valence-electron chi connectivity index (χ4n) is 2.48. The van der Waals surface area contributed by atoms with Gasteiger partial charge in [0.05, 0.1) is 11.2 Å². The van der Waals surface area contributed by atoms with Crippen LogP contribution in [0.25, 0.3) is 10.9 Å². The van der Waals surface area contributed by atoms with E-state index >= 15 is 0 Å². The molecule has 1 heterocycles. The average Bonchev–Trinajstić information content (AvgIpc) is 2.58. The Balaban J connectivity index is 1.75. The van der Waals surface area contributed by atoms with Crippen LogP contribution < -0.4 is 10.1 Å². The number of fused-ring (bicyclic) bond motifs is 1. The van der Waals surface area contributed by atoms with Gasteiger partial charge in [-0.05, 0) is 56.2 Å². The van der Waals surface area contributed by atoms with E-state index < -0.39 is 6.10 Å². The standard InChI is InChI=1S/C20H20N2O2/c1-13-9-10-17(12-14(13)2)24-15(3)20(23)22-18-8-4-6-16-7-5-11-21-19(16)18/h4-12,15H,1-3H3,(H,22,23)/t15-/m1/s1. The van der Waals surface area contributed by atoms with Crippen molar-refractivity contribution in [2.24, 2.45) is 0 Å². The minimum absolute atomic E-state index is 0.202. The first-order chi connectivity index (χ1) is 11.5. The first-order valence-corrected chi connectivity index (χ1v) is 7.93. The number of nitrogens with one attached hydrogen (secondary N) is 1. The highest BCUT2D eigenvalue weighted by atomic mass is 16.5. The highest BCUT2D eigenvalue weighted by Gasteiger charge is 2.16. The lowest BCUT2D eigenvalue weighted by Gasteiger charge is -2.16. The maximum Gasteiger partial charge on any atom is 0.265 e. The Hall–Kier alpha value is -2.88. The molecule has 0 fully saturated rings. The molecule has 0 bridgehead atoms. The number of amides is 1. The molecule has 2 aromatic carbocycles. The van der Waals surface area contributed by atoms with Crippen LogP contribution in [-0.4, -0.2) is 17.0 Å². The summed E-state index contributed by atoms with van der Waals surface area (Å²) in [7, 11) is 0. The van der Waals surface area contributed by atoms with E-state index in [-0.39, 0.29) is 5.91 Å². The van der Waals surface area contributed by atoms with Crippen molar-refractivity contribution in [3.05, 3.63) is 65.9 Å². The van der Waals surface area contributed by atoms with E-state index in [1.807, 2.05) is 62.4 Å². The summed E-state index contributed by atoms with van der Waals surface area (Å²) in [4.78, 5) is 16.8. The molecule has 4 heteroatoms. The van der Waals surface area contributed by atoms with Crippen molar-refractivity contribution >= 4 is 22.5 Å². The van der Waals surface area contributed by atoms with Crippen molar-refractivity contribution in [2.75, 3.05) is 5.32 Å². The zero-order valence-corrected chi connectivity index (χ0v) is 14.0. The second kappa shape index (κ2) is 6.71. The van der Waals surface area contributed by atoms with Gasteiger partial charge in [0.1, 0.15) is 5.75 Å². The van der Waals surface area contributed by atoms with E-state index in [1.54, 1.807) is 13.1 Å². The number of pyridine rings is 1. The van der Waals surface area contributed by atoms with Crippen LogP contribution in [0.1, 0.15) is 18.1 Å². The summed E-state index contributed by atoms with van der Waals surface area (Å²) in [6.45, 7) is 5.81. The number of hydrogen-bond acceptors (Lipinski definition) is 3. The SMILES string of the molecule is Cc1ccc(O[C@H](C)C(=O)Nc2cccc3cccnc23)cc1C. The molecule has 122 valence electrons. The van der Waals surface area contributed by atoms with Crippen molar-refractivity contribution in [2.45, 2.75) is 26.9 Å². The predicted octanol–water partition coefficient (Wildman–Crippen LogP) is 4.26. The molecule has 0 aliphatic carbocycles. The van der Waals surface area contributed by atoms with E-state index in [0.29, 0.717) is 11.4 Å². The van der Waals surface area contributed by atoms with Gasteiger partial charge in [0.15, 0.2) is 6.10 Å². The topological polar surface area (TPSA) is 51.2 Å². The number of aryl methyl sites for hydroxylation is 2. The smallest absolute Gasteiger partial charge is 0.265 e. The van der Waals surface area contributed by atoms with E-state index in [9.17, 15) is 4.79 Å². The largest absolute Gasteiger partial charge is 0.481 e. The van der Waals surface area contributed by atoms with Gasteiger partial charge in [0, 0.05) is 11.6 Å². The van der Waals surface area contributed by atoms with Crippen LogP contribution in [-0.2, 0) is 4.79 Å². The summed E-state index contributed by atoms with van der Waals surface area (Å²) in [6.07, 6.45) is 1.11. The quantitative estimate of drug-likeness (QED) is 0.781. The summed E-state index contributed by atoms with van der Waals surface area (Å²) in [5.41, 5.74) is 3.79. The highest BCUT2D eigenvalue weighted by Crippen LogP contribution is 2.22. The number of hydrogen-bond donors (Lipinski definition) is 1. The number of carbonyl (C=O) groups is 1. The third-order valence-electron chi connectivity index (χ3n) is 4.05. The zero-order chi connectivity index (χ0) is 17.1. The number of para-hydroxylation sites is 1. The lowest BCUT2D eigenvalue weighted by Crippen LogP contribution is -2.30. The van der Waals surface area contributed by atoms with Crippen molar-refractivity contribution in [3.63, 3.8) is 0 Å². The maximum absolute atomic E-state index is 12.4. The van der Waals surface area contributed by atoms with Gasteiger partial charge in [-0.25, -0.2) is 0 Å². The minimum Gasteiger partial charge on any atom is -0.481 e. The number of anilines is 1. The van der Waals surface area contributed by atoms with Gasteiger partial charge < -0.3 is 10.1 Å². The van der Waals surface area contributed by atoms with Gasteiger partial charge in [-0.1, -0.05) is 24.3 Å². The molecule has 1 atom stereocenters. The molecule has 3 aromatic rings. The number of nitrogens with zero attached hydrogens (tertiary/aromatic N) is 1. The van der Waals surface area contributed by atoms with Gasteiger partial charge in [0.25, 0.3) is 5.91 Å². The lowest BCUT2D eigenvalue weighted by molar-refractivity contribution is -0.122. The van der Waals surface area contributed by atoms with Crippen molar-refractivity contribution in [1.82, 2.24) is 4.98 Å². The van der Waals surface area contributed by atoms with Crippen LogP contribution in [0.15, 0.2) is 54.7 Å². The summed E-state index contributed by atoms with van der Waals surface area (Å²) in [6, 6.07) is 15.4. The summed E-state index contributed by atoms with van der Waals surface area (Å²) in [5, 5.41) is 3.89. The van der Waals surface area contributed by atoms with Crippen molar-refractivity contribution in [3.8, 4) is 5.75 Å². The molecule has 1 N–H and O–H groups in total. The average molecular weight is 320 g/mol. The van der Waals surface area contributed by atoms with Crippen LogP contribution in [0.3, 0.4) is 0 Å². The third-order valence-corrected chi connectivity index (χ3v) is 4.05. The third kappa shape index (κ3) is 3.38. The van der Waals surface area contributed by atoms with E-state index in [2.05, 4.69) is 10.3 Å². The Bertz CT molecular complexity index is 884. The van der Waals surface area contributed by atoms with E-state index in [4.69, 9.17) is 4.74 Å². The number of rotatable bonds is 4. The van der Waals surface area contributed by atoms with Gasteiger partial charge in [0.2, 0.25) is 0 Å². The molecule has 0 unspecified atom stereocenters. The Morgan fingerprint density at radius 3 is 2.67 bits per heavy atom. The second-order valence-electron chi connectivity index (χ2n) is 5.88. The Labute approximate surface area is 141 Å². The van der Waals surface area contributed by atoms with Crippen LogP contribution in [0.2, 0.25) is 0 Å². The van der Waals surface area contributed by atoms with Gasteiger partial charge in [-0.3, -0.25) is 9.78 Å². The highest BCUT2D eigenvalue weighted by molar-refractivity contribution is 6.01. The molecule has 0 aliphatic rings. The fourth-order valence-corrected chi connectivity index (χ4v) is 2.48. The van der Waals surface area contributed by atoms with Crippen molar-refractivity contribution in [1.29, 1.82) is 0 Å². The first-order valence-electron chi connectivity index (χ1n) is 7.93. The van der Waals surface area contributed by atoms with Crippen LogP contribution >= 0.6 is 0 Å². The molecule has 1 amide bonds. The molecule has 3 rings (SSSR count). The second-order valence-corrected chi connectivity index (χ2v) is 5.88. The Morgan fingerprint density at radius 1 is 1.08 bits per heavy atom. The normalized spacial score (nSPS) is 12.0. The van der Waals surface area contributed by atoms with Crippen LogP contribution in [0, 0.1) is 13.8 Å². The van der Waals surface area contributed by atoms with E-state index in [1.165, 1.54) is 5.56 Å².